The zero-order chi connectivity index (χ0) is 9.14. The standard InChI is InChI=1S/C8H9NO2S/c1-6-3-4-7(12-2)5-8(6)9(10)11/h3-5H,1-2H3. The second kappa shape index (κ2) is 3.58. The van der Waals surface area contributed by atoms with E-state index in [1.165, 1.54) is 11.8 Å². The first-order chi connectivity index (χ1) is 5.65. The minimum absolute atomic E-state index is 0.196. The van der Waals surface area contributed by atoms with E-state index in [0.29, 0.717) is 5.56 Å². The topological polar surface area (TPSA) is 43.1 Å². The Morgan fingerprint density at radius 1 is 1.50 bits per heavy atom. The molecule has 0 saturated heterocycles. The van der Waals surface area contributed by atoms with E-state index in [4.69, 9.17) is 0 Å². The van der Waals surface area contributed by atoms with Crippen LogP contribution in [0.2, 0.25) is 0 Å². The van der Waals surface area contributed by atoms with Crippen molar-refractivity contribution in [3.63, 3.8) is 0 Å². The quantitative estimate of drug-likeness (QED) is 0.402. The van der Waals surface area contributed by atoms with Crippen LogP contribution in [-0.4, -0.2) is 11.2 Å². The van der Waals surface area contributed by atoms with Crippen molar-refractivity contribution in [2.45, 2.75) is 11.8 Å². The minimum Gasteiger partial charge on any atom is -0.258 e. The molecule has 0 spiro atoms. The maximum atomic E-state index is 10.5. The predicted molar refractivity (Wildman–Crippen MR) is 49.6 cm³/mol. The van der Waals surface area contributed by atoms with E-state index in [9.17, 15) is 10.1 Å². The summed E-state index contributed by atoms with van der Waals surface area (Å²) in [5, 5.41) is 10.5. The highest BCUT2D eigenvalue weighted by molar-refractivity contribution is 7.98. The molecular formula is C8H9NO2S. The van der Waals surface area contributed by atoms with Crippen molar-refractivity contribution in [1.82, 2.24) is 0 Å². The van der Waals surface area contributed by atoms with Gasteiger partial charge in [-0.05, 0) is 19.2 Å². The van der Waals surface area contributed by atoms with Crippen molar-refractivity contribution in [3.05, 3.63) is 33.9 Å². The third kappa shape index (κ3) is 1.76. The largest absolute Gasteiger partial charge is 0.273 e. The molecular weight excluding hydrogens is 174 g/mol. The van der Waals surface area contributed by atoms with Crippen LogP contribution >= 0.6 is 11.8 Å². The number of thioether (sulfide) groups is 1. The fraction of sp³-hybridized carbons (Fsp3) is 0.250. The Balaban J connectivity index is 3.17. The smallest absolute Gasteiger partial charge is 0.258 e. The van der Waals surface area contributed by atoms with E-state index in [1.54, 1.807) is 19.1 Å². The summed E-state index contributed by atoms with van der Waals surface area (Å²) in [7, 11) is 0. The number of nitro groups is 1. The van der Waals surface area contributed by atoms with Gasteiger partial charge in [-0.15, -0.1) is 11.8 Å². The molecule has 0 N–H and O–H groups in total. The van der Waals surface area contributed by atoms with Gasteiger partial charge in [0.15, 0.2) is 0 Å². The highest BCUT2D eigenvalue weighted by atomic mass is 32.2. The summed E-state index contributed by atoms with van der Waals surface area (Å²) in [5.74, 6) is 0. The molecule has 12 heavy (non-hydrogen) atoms. The van der Waals surface area contributed by atoms with Gasteiger partial charge in [-0.1, -0.05) is 6.07 Å². The Hall–Kier alpha value is -1.03. The van der Waals surface area contributed by atoms with Gasteiger partial charge in [0.25, 0.3) is 5.69 Å². The van der Waals surface area contributed by atoms with E-state index in [-0.39, 0.29) is 10.6 Å². The zero-order valence-electron chi connectivity index (χ0n) is 6.90. The average molecular weight is 183 g/mol. The van der Waals surface area contributed by atoms with E-state index < -0.39 is 0 Å². The van der Waals surface area contributed by atoms with Crippen LogP contribution < -0.4 is 0 Å². The van der Waals surface area contributed by atoms with Crippen LogP contribution in [0.15, 0.2) is 23.1 Å². The lowest BCUT2D eigenvalue weighted by atomic mass is 10.2. The molecule has 0 aliphatic rings. The van der Waals surface area contributed by atoms with Crippen LogP contribution in [-0.2, 0) is 0 Å². The first kappa shape index (κ1) is 9.06. The Labute approximate surface area is 74.9 Å². The number of hydrogen-bond donors (Lipinski definition) is 0. The molecule has 0 amide bonds. The summed E-state index contributed by atoms with van der Waals surface area (Å²) in [5.41, 5.74) is 0.902. The molecule has 0 bridgehead atoms. The van der Waals surface area contributed by atoms with Gasteiger partial charge in [0, 0.05) is 16.5 Å². The Morgan fingerprint density at radius 3 is 2.67 bits per heavy atom. The SMILES string of the molecule is CSc1ccc(C)c([N+](=O)[O-])c1. The van der Waals surface area contributed by atoms with Gasteiger partial charge >= 0.3 is 0 Å². The normalized spacial score (nSPS) is 9.83. The highest BCUT2D eigenvalue weighted by Gasteiger charge is 2.09. The van der Waals surface area contributed by atoms with E-state index in [2.05, 4.69) is 0 Å². The molecule has 0 heterocycles. The second-order valence-electron chi connectivity index (χ2n) is 2.41. The van der Waals surface area contributed by atoms with Crippen molar-refractivity contribution in [1.29, 1.82) is 0 Å². The molecule has 64 valence electrons. The van der Waals surface area contributed by atoms with Gasteiger partial charge in [0.1, 0.15) is 0 Å². The number of hydrogen-bond acceptors (Lipinski definition) is 3. The molecule has 1 aromatic rings. The number of nitro benzene ring substituents is 1. The number of rotatable bonds is 2. The Morgan fingerprint density at radius 2 is 2.17 bits per heavy atom. The van der Waals surface area contributed by atoms with Crippen molar-refractivity contribution in [3.8, 4) is 0 Å². The lowest BCUT2D eigenvalue weighted by Gasteiger charge is -1.98. The van der Waals surface area contributed by atoms with Gasteiger partial charge in [0.2, 0.25) is 0 Å². The summed E-state index contributed by atoms with van der Waals surface area (Å²) in [6.07, 6.45) is 1.90. The molecule has 1 rings (SSSR count). The molecule has 0 unspecified atom stereocenters. The van der Waals surface area contributed by atoms with E-state index in [0.717, 1.165) is 4.90 Å². The first-order valence-corrected chi connectivity index (χ1v) is 4.66. The molecule has 0 fully saturated rings. The third-order valence-electron chi connectivity index (χ3n) is 1.61. The molecule has 4 heteroatoms. The molecule has 0 aliphatic carbocycles. The zero-order valence-corrected chi connectivity index (χ0v) is 7.72. The lowest BCUT2D eigenvalue weighted by molar-refractivity contribution is -0.385. The maximum Gasteiger partial charge on any atom is 0.273 e. The van der Waals surface area contributed by atoms with Gasteiger partial charge in [-0.3, -0.25) is 10.1 Å². The van der Waals surface area contributed by atoms with Crippen LogP contribution in [0.1, 0.15) is 5.56 Å². The summed E-state index contributed by atoms with van der Waals surface area (Å²) < 4.78 is 0. The fourth-order valence-electron chi connectivity index (χ4n) is 0.913. The van der Waals surface area contributed by atoms with Crippen LogP contribution in [0.3, 0.4) is 0 Å². The predicted octanol–water partition coefficient (Wildman–Crippen LogP) is 2.63. The maximum absolute atomic E-state index is 10.5. The second-order valence-corrected chi connectivity index (χ2v) is 3.29. The van der Waals surface area contributed by atoms with Gasteiger partial charge in [0.05, 0.1) is 4.92 Å². The summed E-state index contributed by atoms with van der Waals surface area (Å²) >= 11 is 1.50. The summed E-state index contributed by atoms with van der Waals surface area (Å²) in [6.45, 7) is 1.74. The van der Waals surface area contributed by atoms with Crippen LogP contribution in [0.4, 0.5) is 5.69 Å². The summed E-state index contributed by atoms with van der Waals surface area (Å²) in [4.78, 5) is 11.1. The van der Waals surface area contributed by atoms with Gasteiger partial charge < -0.3 is 0 Å². The Bertz CT molecular complexity index is 312. The van der Waals surface area contributed by atoms with E-state index in [1.807, 2.05) is 12.3 Å². The van der Waals surface area contributed by atoms with Crippen LogP contribution in [0, 0.1) is 17.0 Å². The Kier molecular flexibility index (Phi) is 2.70. The van der Waals surface area contributed by atoms with Crippen LogP contribution in [0.25, 0.3) is 0 Å². The highest BCUT2D eigenvalue weighted by Crippen LogP contribution is 2.24. The molecule has 0 atom stereocenters. The molecule has 0 aromatic heterocycles. The molecule has 3 nitrogen and oxygen atoms in total. The third-order valence-corrected chi connectivity index (χ3v) is 2.34. The van der Waals surface area contributed by atoms with Crippen molar-refractivity contribution in [2.75, 3.05) is 6.26 Å². The fourth-order valence-corrected chi connectivity index (χ4v) is 1.35. The van der Waals surface area contributed by atoms with Gasteiger partial charge in [-0.25, -0.2) is 0 Å². The molecule has 0 radical (unpaired) electrons. The monoisotopic (exact) mass is 183 g/mol. The minimum atomic E-state index is -0.352. The van der Waals surface area contributed by atoms with Crippen LogP contribution in [0.5, 0.6) is 0 Å². The molecule has 0 aliphatic heterocycles. The van der Waals surface area contributed by atoms with Gasteiger partial charge in [-0.2, -0.15) is 0 Å². The molecule has 1 aromatic carbocycles. The lowest BCUT2D eigenvalue weighted by Crippen LogP contribution is -1.91. The average Bonchev–Trinajstić information content (AvgIpc) is 2.05. The van der Waals surface area contributed by atoms with Crippen molar-refractivity contribution >= 4 is 17.4 Å². The van der Waals surface area contributed by atoms with Crippen molar-refractivity contribution in [2.24, 2.45) is 0 Å². The van der Waals surface area contributed by atoms with E-state index >= 15 is 0 Å². The molecule has 0 saturated carbocycles. The number of nitrogens with zero attached hydrogens (tertiary/aromatic N) is 1. The number of benzene rings is 1. The van der Waals surface area contributed by atoms with Crippen molar-refractivity contribution < 1.29 is 4.92 Å². The first-order valence-electron chi connectivity index (χ1n) is 3.44. The number of aryl methyl sites for hydroxylation is 1. The summed E-state index contributed by atoms with van der Waals surface area (Å²) in [6, 6.07) is 5.25.